The van der Waals surface area contributed by atoms with E-state index < -0.39 is 0 Å². The van der Waals surface area contributed by atoms with Crippen molar-refractivity contribution in [2.75, 3.05) is 19.6 Å². The lowest BCUT2D eigenvalue weighted by atomic mass is 10.2. The van der Waals surface area contributed by atoms with E-state index in [-0.39, 0.29) is 11.8 Å². The van der Waals surface area contributed by atoms with Gasteiger partial charge in [0, 0.05) is 55.5 Å². The van der Waals surface area contributed by atoms with Gasteiger partial charge in [0.25, 0.3) is 0 Å². The van der Waals surface area contributed by atoms with Crippen LogP contribution in [0.15, 0.2) is 30.6 Å². The third-order valence-corrected chi connectivity index (χ3v) is 3.97. The molecule has 0 radical (unpaired) electrons. The molecular formula is C17H20N4O2. The average Bonchev–Trinajstić information content (AvgIpc) is 3.16. The maximum absolute atomic E-state index is 11.8. The van der Waals surface area contributed by atoms with Crippen LogP contribution >= 0.6 is 0 Å². The van der Waals surface area contributed by atoms with Gasteiger partial charge in [0.05, 0.1) is 0 Å². The fourth-order valence-electron chi connectivity index (χ4n) is 2.76. The average molecular weight is 312 g/mol. The van der Waals surface area contributed by atoms with Crippen molar-refractivity contribution in [3.05, 3.63) is 36.2 Å². The number of hydrogen-bond donors (Lipinski definition) is 2. The first-order valence-electron chi connectivity index (χ1n) is 7.90. The van der Waals surface area contributed by atoms with Crippen LogP contribution in [0.1, 0.15) is 24.8 Å². The molecular weight excluding hydrogens is 292 g/mol. The Morgan fingerprint density at radius 2 is 2.39 bits per heavy atom. The van der Waals surface area contributed by atoms with Gasteiger partial charge in [0.1, 0.15) is 5.65 Å². The lowest BCUT2D eigenvalue weighted by Crippen LogP contribution is -2.29. The van der Waals surface area contributed by atoms with Crippen LogP contribution in [-0.4, -0.2) is 46.3 Å². The van der Waals surface area contributed by atoms with E-state index in [1.165, 1.54) is 6.08 Å². The molecule has 1 saturated heterocycles. The summed E-state index contributed by atoms with van der Waals surface area (Å²) in [4.78, 5) is 32.4. The van der Waals surface area contributed by atoms with E-state index in [4.69, 9.17) is 0 Å². The number of nitrogens with zero attached hydrogens (tertiary/aromatic N) is 2. The quantitative estimate of drug-likeness (QED) is 0.629. The summed E-state index contributed by atoms with van der Waals surface area (Å²) in [5.74, 6) is 0.0974. The van der Waals surface area contributed by atoms with Crippen LogP contribution in [0.5, 0.6) is 0 Å². The molecule has 3 rings (SSSR count). The zero-order valence-corrected chi connectivity index (χ0v) is 12.9. The first-order valence-corrected chi connectivity index (χ1v) is 7.90. The summed E-state index contributed by atoms with van der Waals surface area (Å²) in [6.45, 7) is 2.14. The molecule has 1 fully saturated rings. The Morgan fingerprint density at radius 3 is 3.22 bits per heavy atom. The zero-order valence-electron chi connectivity index (χ0n) is 12.9. The Hall–Kier alpha value is -2.63. The van der Waals surface area contributed by atoms with Crippen molar-refractivity contribution in [3.63, 3.8) is 0 Å². The summed E-state index contributed by atoms with van der Waals surface area (Å²) in [5, 5.41) is 3.83. The van der Waals surface area contributed by atoms with E-state index in [1.807, 2.05) is 23.2 Å². The highest BCUT2D eigenvalue weighted by molar-refractivity contribution is 5.95. The summed E-state index contributed by atoms with van der Waals surface area (Å²) < 4.78 is 0. The molecule has 0 spiro atoms. The van der Waals surface area contributed by atoms with Crippen LogP contribution in [0.3, 0.4) is 0 Å². The van der Waals surface area contributed by atoms with Gasteiger partial charge in [-0.25, -0.2) is 4.98 Å². The molecule has 1 aliphatic heterocycles. The Labute approximate surface area is 134 Å². The number of pyridine rings is 1. The number of nitrogens with one attached hydrogen (secondary N) is 2. The SMILES string of the molecule is O=C(/C=C/c1c[nH]c2ncccc12)NCCCN1CCCC1=O. The minimum Gasteiger partial charge on any atom is -0.352 e. The first kappa shape index (κ1) is 15.3. The maximum Gasteiger partial charge on any atom is 0.244 e. The molecule has 0 bridgehead atoms. The van der Waals surface area contributed by atoms with Crippen LogP contribution in [0.2, 0.25) is 0 Å². The van der Waals surface area contributed by atoms with Gasteiger partial charge >= 0.3 is 0 Å². The van der Waals surface area contributed by atoms with E-state index in [0.717, 1.165) is 42.5 Å². The predicted molar refractivity (Wildman–Crippen MR) is 88.6 cm³/mol. The number of carbonyl (C=O) groups excluding carboxylic acids is 2. The lowest BCUT2D eigenvalue weighted by Gasteiger charge is -2.14. The minimum absolute atomic E-state index is 0.129. The number of hydrogen-bond acceptors (Lipinski definition) is 3. The Kier molecular flexibility index (Phi) is 4.71. The van der Waals surface area contributed by atoms with Crippen LogP contribution in [0, 0.1) is 0 Å². The van der Waals surface area contributed by atoms with Crippen LogP contribution in [0.25, 0.3) is 17.1 Å². The number of fused-ring (bicyclic) bond motifs is 1. The molecule has 6 nitrogen and oxygen atoms in total. The van der Waals surface area contributed by atoms with Crippen LogP contribution < -0.4 is 5.32 Å². The molecule has 120 valence electrons. The van der Waals surface area contributed by atoms with Crippen molar-refractivity contribution in [3.8, 4) is 0 Å². The van der Waals surface area contributed by atoms with Gasteiger partial charge in [0.2, 0.25) is 11.8 Å². The summed E-state index contributed by atoms with van der Waals surface area (Å²) in [6.07, 6.45) is 9.26. The molecule has 2 N–H and O–H groups in total. The van der Waals surface area contributed by atoms with E-state index >= 15 is 0 Å². The second-order valence-corrected chi connectivity index (χ2v) is 5.61. The van der Waals surface area contributed by atoms with E-state index in [9.17, 15) is 9.59 Å². The summed E-state index contributed by atoms with van der Waals surface area (Å²) in [6, 6.07) is 3.83. The highest BCUT2D eigenvalue weighted by atomic mass is 16.2. The predicted octanol–water partition coefficient (Wildman–Crippen LogP) is 1.70. The lowest BCUT2D eigenvalue weighted by molar-refractivity contribution is -0.127. The number of aromatic amines is 1. The fourth-order valence-corrected chi connectivity index (χ4v) is 2.76. The van der Waals surface area contributed by atoms with Gasteiger partial charge in [0.15, 0.2) is 0 Å². The van der Waals surface area contributed by atoms with E-state index in [0.29, 0.717) is 13.0 Å². The van der Waals surface area contributed by atoms with Crippen molar-refractivity contribution in [1.82, 2.24) is 20.2 Å². The standard InChI is InChI=1S/C17H20N4O2/c22-15(18-9-3-11-21-10-2-5-16(21)23)7-6-13-12-20-17-14(13)4-1-8-19-17/h1,4,6-8,12H,2-3,5,9-11H2,(H,18,22)(H,19,20)/b7-6+. The first-order chi connectivity index (χ1) is 11.2. The number of aromatic nitrogens is 2. The third kappa shape index (κ3) is 3.77. The summed E-state index contributed by atoms with van der Waals surface area (Å²) >= 11 is 0. The van der Waals surface area contributed by atoms with Crippen molar-refractivity contribution in [2.24, 2.45) is 0 Å². The molecule has 2 amide bonds. The van der Waals surface area contributed by atoms with Crippen molar-refractivity contribution in [1.29, 1.82) is 0 Å². The summed E-state index contributed by atoms with van der Waals surface area (Å²) in [5.41, 5.74) is 1.74. The van der Waals surface area contributed by atoms with Crippen LogP contribution in [0.4, 0.5) is 0 Å². The number of carbonyl (C=O) groups is 2. The fraction of sp³-hybridized carbons (Fsp3) is 0.353. The molecule has 0 aromatic carbocycles. The van der Waals surface area contributed by atoms with Crippen molar-refractivity contribution < 1.29 is 9.59 Å². The van der Waals surface area contributed by atoms with Crippen molar-refractivity contribution >= 4 is 28.9 Å². The number of likely N-dealkylation sites (tertiary alicyclic amines) is 1. The molecule has 0 aliphatic carbocycles. The third-order valence-electron chi connectivity index (χ3n) is 3.97. The highest BCUT2D eigenvalue weighted by Gasteiger charge is 2.18. The number of amides is 2. The molecule has 23 heavy (non-hydrogen) atoms. The summed E-state index contributed by atoms with van der Waals surface area (Å²) in [7, 11) is 0. The van der Waals surface area contributed by atoms with Gasteiger partial charge in [-0.2, -0.15) is 0 Å². The van der Waals surface area contributed by atoms with Gasteiger partial charge in [-0.1, -0.05) is 0 Å². The molecule has 0 atom stereocenters. The van der Waals surface area contributed by atoms with E-state index in [1.54, 1.807) is 12.3 Å². The van der Waals surface area contributed by atoms with E-state index in [2.05, 4.69) is 15.3 Å². The molecule has 3 heterocycles. The number of H-pyrrole nitrogens is 1. The van der Waals surface area contributed by atoms with Gasteiger partial charge in [-0.05, 0) is 31.1 Å². The number of rotatable bonds is 6. The molecule has 1 aliphatic rings. The van der Waals surface area contributed by atoms with Gasteiger partial charge in [-0.15, -0.1) is 0 Å². The Bertz CT molecular complexity index is 735. The van der Waals surface area contributed by atoms with Gasteiger partial charge < -0.3 is 15.2 Å². The zero-order chi connectivity index (χ0) is 16.1. The monoisotopic (exact) mass is 312 g/mol. The smallest absolute Gasteiger partial charge is 0.244 e. The highest BCUT2D eigenvalue weighted by Crippen LogP contribution is 2.16. The Morgan fingerprint density at radius 1 is 1.48 bits per heavy atom. The molecule has 0 unspecified atom stereocenters. The minimum atomic E-state index is -0.129. The topological polar surface area (TPSA) is 78.1 Å². The van der Waals surface area contributed by atoms with Crippen molar-refractivity contribution in [2.45, 2.75) is 19.3 Å². The molecule has 6 heteroatoms. The normalized spacial score (nSPS) is 15.0. The van der Waals surface area contributed by atoms with Crippen LogP contribution in [-0.2, 0) is 9.59 Å². The maximum atomic E-state index is 11.8. The second kappa shape index (κ2) is 7.09. The Balaban J connectivity index is 1.45. The molecule has 0 saturated carbocycles. The van der Waals surface area contributed by atoms with Gasteiger partial charge in [-0.3, -0.25) is 9.59 Å². The molecule has 2 aromatic rings. The largest absolute Gasteiger partial charge is 0.352 e. The second-order valence-electron chi connectivity index (χ2n) is 5.61. The molecule has 2 aromatic heterocycles.